The third kappa shape index (κ3) is 5.70. The van der Waals surface area contributed by atoms with Crippen LogP contribution >= 0.6 is 0 Å². The van der Waals surface area contributed by atoms with Gasteiger partial charge in [-0.05, 0) is 30.3 Å². The summed E-state index contributed by atoms with van der Waals surface area (Å²) in [6.07, 6.45) is 1.41. The van der Waals surface area contributed by atoms with Gasteiger partial charge in [0.25, 0.3) is 0 Å². The molecule has 40 heavy (non-hydrogen) atoms. The van der Waals surface area contributed by atoms with Crippen molar-refractivity contribution < 1.29 is 23.4 Å². The highest BCUT2D eigenvalue weighted by atomic mass is 19.1. The van der Waals surface area contributed by atoms with E-state index in [0.29, 0.717) is 0 Å². The molecule has 0 aliphatic rings. The van der Waals surface area contributed by atoms with Crippen molar-refractivity contribution in [2.75, 3.05) is 19.0 Å². The number of amidine groups is 1. The molecule has 0 spiro atoms. The molecule has 1 unspecified atom stereocenters. The van der Waals surface area contributed by atoms with E-state index in [4.69, 9.17) is 30.6 Å². The van der Waals surface area contributed by atoms with Crippen LogP contribution < -0.4 is 31.0 Å². The van der Waals surface area contributed by atoms with Gasteiger partial charge < -0.3 is 25.3 Å². The number of H-pyrrole nitrogens is 1. The maximum atomic E-state index is 15.9. The normalized spacial score (nSPS) is 11.2. The van der Waals surface area contributed by atoms with E-state index >= 15 is 4.39 Å². The number of nitrogens with one attached hydrogen (secondary N) is 3. The van der Waals surface area contributed by atoms with E-state index in [1.807, 2.05) is 0 Å². The number of hydrogen-bond donors (Lipinski definition) is 4. The molecule has 2 heterocycles. The molecular formula is C25H22FN9O5. The number of nitrogen functional groups attached to an aromatic ring is 1. The summed E-state index contributed by atoms with van der Waals surface area (Å²) in [5.74, 6) is -2.16. The highest BCUT2D eigenvalue weighted by Gasteiger charge is 2.29. The second-order valence-electron chi connectivity index (χ2n) is 8.05. The first-order chi connectivity index (χ1) is 19.2. The Balaban J connectivity index is 1.96. The minimum atomic E-state index is -1.32. The van der Waals surface area contributed by atoms with Crippen LogP contribution in [0.15, 0.2) is 53.5 Å². The number of aromatic amines is 1. The van der Waals surface area contributed by atoms with Gasteiger partial charge in [-0.1, -0.05) is 6.07 Å². The van der Waals surface area contributed by atoms with Crippen LogP contribution in [-0.4, -0.2) is 50.5 Å². The first-order valence-corrected chi connectivity index (χ1v) is 11.5. The third-order valence-corrected chi connectivity index (χ3v) is 5.42. The number of carbonyl (C=O) groups is 1. The summed E-state index contributed by atoms with van der Waals surface area (Å²) in [6.45, 7) is 0.728. The molecule has 4 aromatic rings. The molecule has 0 saturated carbocycles. The van der Waals surface area contributed by atoms with Gasteiger partial charge in [-0.25, -0.2) is 9.18 Å². The van der Waals surface area contributed by atoms with E-state index in [1.54, 1.807) is 12.1 Å². The highest BCUT2D eigenvalue weighted by molar-refractivity contribution is 6.02. The minimum Gasteiger partial charge on any atom is -0.497 e. The van der Waals surface area contributed by atoms with Gasteiger partial charge in [-0.15, -0.1) is 10.2 Å². The molecule has 4 rings (SSSR count). The van der Waals surface area contributed by atoms with E-state index in [9.17, 15) is 9.59 Å². The fraction of sp³-hybridized carbons (Fsp3) is 0.160. The number of esters is 1. The Bertz CT molecular complexity index is 1660. The van der Waals surface area contributed by atoms with Crippen molar-refractivity contribution in [2.45, 2.75) is 13.0 Å². The number of nitrogens with two attached hydrogens (primary N) is 1. The Morgan fingerprint density at radius 3 is 2.75 bits per heavy atom. The molecule has 204 valence electrons. The Morgan fingerprint density at radius 2 is 2.10 bits per heavy atom. The zero-order valence-electron chi connectivity index (χ0n) is 21.1. The Kier molecular flexibility index (Phi) is 7.99. The first-order valence-electron chi connectivity index (χ1n) is 11.5. The lowest BCUT2D eigenvalue weighted by Gasteiger charge is -2.23. The highest BCUT2D eigenvalue weighted by Crippen LogP contribution is 2.38. The fourth-order valence-corrected chi connectivity index (χ4v) is 3.75. The predicted molar refractivity (Wildman–Crippen MR) is 138 cm³/mol. The molecule has 2 aromatic carbocycles. The van der Waals surface area contributed by atoms with Gasteiger partial charge in [-0.3, -0.25) is 15.2 Å². The van der Waals surface area contributed by atoms with Crippen molar-refractivity contribution in [1.82, 2.24) is 25.0 Å². The van der Waals surface area contributed by atoms with Crippen LogP contribution in [0.1, 0.15) is 29.9 Å². The van der Waals surface area contributed by atoms with E-state index in [2.05, 4.69) is 25.6 Å². The maximum Gasteiger partial charge on any atom is 0.349 e. The van der Waals surface area contributed by atoms with Crippen molar-refractivity contribution >= 4 is 17.5 Å². The van der Waals surface area contributed by atoms with Crippen LogP contribution in [0.4, 0.5) is 10.1 Å². The number of nitriles is 1. The minimum absolute atomic E-state index is 0.0230. The number of ether oxygens (including phenoxy) is 3. The van der Waals surface area contributed by atoms with Gasteiger partial charge in [0.05, 0.1) is 12.8 Å². The summed E-state index contributed by atoms with van der Waals surface area (Å²) in [5, 5.41) is 31.9. The third-order valence-electron chi connectivity index (χ3n) is 5.42. The van der Waals surface area contributed by atoms with Crippen molar-refractivity contribution in [1.29, 1.82) is 10.7 Å². The molecule has 5 N–H and O–H groups in total. The first kappa shape index (κ1) is 27.3. The summed E-state index contributed by atoms with van der Waals surface area (Å²) in [5.41, 5.74) is 5.08. The topological polar surface area (TPSA) is 207 Å². The Labute approximate surface area is 225 Å². The molecule has 0 radical (unpaired) electrons. The van der Waals surface area contributed by atoms with Crippen molar-refractivity contribution in [3.05, 3.63) is 81.9 Å². The molecule has 15 heteroatoms. The van der Waals surface area contributed by atoms with Crippen LogP contribution in [0.3, 0.4) is 0 Å². The van der Waals surface area contributed by atoms with Crippen molar-refractivity contribution in [3.8, 4) is 29.1 Å². The zero-order chi connectivity index (χ0) is 28.8. The molecule has 0 amide bonds. The van der Waals surface area contributed by atoms with Crippen LogP contribution in [0.2, 0.25) is 0 Å². The maximum absolute atomic E-state index is 15.9. The lowest BCUT2D eigenvalue weighted by atomic mass is 10.0. The molecule has 0 aliphatic heterocycles. The monoisotopic (exact) mass is 547 g/mol. The van der Waals surface area contributed by atoms with Crippen LogP contribution in [0.25, 0.3) is 5.82 Å². The average Bonchev–Trinajstić information content (AvgIpc) is 3.33. The van der Waals surface area contributed by atoms with Gasteiger partial charge in [0, 0.05) is 30.3 Å². The van der Waals surface area contributed by atoms with Crippen molar-refractivity contribution in [3.63, 3.8) is 0 Å². The molecule has 2 aromatic heterocycles. The number of methoxy groups -OCH3 is 1. The fourth-order valence-electron chi connectivity index (χ4n) is 3.75. The predicted octanol–water partition coefficient (Wildman–Crippen LogP) is 1.81. The van der Waals surface area contributed by atoms with Crippen LogP contribution in [-0.2, 0) is 4.79 Å². The number of nitrogens with zero attached hydrogens (tertiary/aromatic N) is 5. The quantitative estimate of drug-likeness (QED) is 0.0974. The Morgan fingerprint density at radius 1 is 1.30 bits per heavy atom. The van der Waals surface area contributed by atoms with Gasteiger partial charge in [-0.2, -0.15) is 15.0 Å². The molecule has 0 bridgehead atoms. The lowest BCUT2D eigenvalue weighted by Crippen LogP contribution is -2.21. The number of hydrogen-bond acceptors (Lipinski definition) is 11. The number of carbonyl (C=O) groups excluding carboxylic acids is 1. The largest absolute Gasteiger partial charge is 0.497 e. The van der Waals surface area contributed by atoms with Gasteiger partial charge in [0.2, 0.25) is 0 Å². The van der Waals surface area contributed by atoms with Gasteiger partial charge in [0.1, 0.15) is 23.7 Å². The number of aromatic nitrogens is 5. The lowest BCUT2D eigenvalue weighted by molar-refractivity contribution is -0.131. The zero-order valence-corrected chi connectivity index (χ0v) is 21.1. The summed E-state index contributed by atoms with van der Waals surface area (Å²) >= 11 is 0. The summed E-state index contributed by atoms with van der Waals surface area (Å²) < 4.78 is 32.7. The van der Waals surface area contributed by atoms with Gasteiger partial charge >= 0.3 is 11.7 Å². The SMILES string of the molecule is COc1cc(OCC#N)c(F)c(C(Nc2c(OC(C)=O)cccc2C(=N)N)c2nn(-c3cccnn3)c(=O)[nH]2)c1. The van der Waals surface area contributed by atoms with Crippen LogP contribution in [0, 0.1) is 22.6 Å². The number of anilines is 1. The number of benzene rings is 2. The molecule has 0 aliphatic carbocycles. The van der Waals surface area contributed by atoms with Crippen molar-refractivity contribution in [2.24, 2.45) is 5.73 Å². The Hall–Kier alpha value is -5.78. The standard InChI is InChI=1S/C25H22FN9O5/c1-13(36)40-17-6-3-5-15(23(28)29)21(17)31-22(16-11-14(38-2)12-18(20(16)26)39-10-8-27)24-32-25(37)35(34-24)19-7-4-9-30-33-19/h3-7,9,11-12,22,31H,10H2,1-2H3,(H3,28,29)(H,32,34,37). The van der Waals surface area contributed by atoms with E-state index in [0.717, 1.165) is 4.68 Å². The summed E-state index contributed by atoms with van der Waals surface area (Å²) in [7, 11) is 1.35. The second-order valence-corrected chi connectivity index (χ2v) is 8.05. The molecule has 14 nitrogen and oxygen atoms in total. The van der Waals surface area contributed by atoms with Gasteiger partial charge in [0.15, 0.2) is 35.6 Å². The molecule has 1 atom stereocenters. The van der Waals surface area contributed by atoms with Crippen LogP contribution in [0.5, 0.6) is 17.2 Å². The second kappa shape index (κ2) is 11.7. The average molecular weight is 548 g/mol. The van der Waals surface area contributed by atoms with E-state index in [1.165, 1.54) is 56.6 Å². The molecule has 0 saturated heterocycles. The van der Waals surface area contributed by atoms with E-state index in [-0.39, 0.29) is 45.7 Å². The number of rotatable bonds is 10. The molecular weight excluding hydrogens is 525 g/mol. The number of para-hydroxylation sites is 1. The number of halogens is 1. The van der Waals surface area contributed by atoms with E-state index < -0.39 is 36.0 Å². The smallest absolute Gasteiger partial charge is 0.349 e. The molecule has 0 fully saturated rings. The summed E-state index contributed by atoms with van der Waals surface area (Å²) in [6, 6.07) is 10.5. The summed E-state index contributed by atoms with van der Waals surface area (Å²) in [4.78, 5) is 27.3.